The molecule has 1 amide bonds. The van der Waals surface area contributed by atoms with Crippen LogP contribution in [0.4, 0.5) is 11.5 Å². The summed E-state index contributed by atoms with van der Waals surface area (Å²) in [5.74, 6) is 0.307. The second-order valence-corrected chi connectivity index (χ2v) is 10.4. The van der Waals surface area contributed by atoms with E-state index in [2.05, 4.69) is 31.9 Å². The van der Waals surface area contributed by atoms with Gasteiger partial charge in [-0.3, -0.25) is 9.59 Å². The number of hydrogen-bond donors (Lipinski definition) is 3. The first kappa shape index (κ1) is 26.3. The first-order chi connectivity index (χ1) is 18.5. The molecule has 8 nitrogen and oxygen atoms in total. The highest BCUT2D eigenvalue weighted by Crippen LogP contribution is 2.27. The Morgan fingerprint density at radius 3 is 2.11 bits per heavy atom. The predicted octanol–water partition coefficient (Wildman–Crippen LogP) is 3.60. The normalized spacial score (nSPS) is 16.3. The van der Waals surface area contributed by atoms with E-state index in [1.54, 1.807) is 0 Å². The summed E-state index contributed by atoms with van der Waals surface area (Å²) >= 11 is 0. The van der Waals surface area contributed by atoms with Crippen LogP contribution in [0.3, 0.4) is 0 Å². The van der Waals surface area contributed by atoms with Gasteiger partial charge in [0.05, 0.1) is 5.52 Å². The average Bonchev–Trinajstić information content (AvgIpc) is 3.64. The molecular formula is C30H40N6O2. The Balaban J connectivity index is 1.50. The molecule has 0 saturated carbocycles. The lowest BCUT2D eigenvalue weighted by Crippen LogP contribution is -2.37. The number of hydrogen-bond acceptors (Lipinski definition) is 6. The number of aryl methyl sites for hydroxylation is 1. The maximum Gasteiger partial charge on any atom is 0.259 e. The van der Waals surface area contributed by atoms with Crippen LogP contribution in [0.1, 0.15) is 43.0 Å². The molecule has 4 N–H and O–H groups in total. The zero-order chi connectivity index (χ0) is 26.5. The fourth-order valence-corrected chi connectivity index (χ4v) is 5.78. The van der Waals surface area contributed by atoms with Crippen molar-refractivity contribution in [1.29, 1.82) is 0 Å². The fourth-order valence-electron chi connectivity index (χ4n) is 5.78. The number of benzene rings is 2. The van der Waals surface area contributed by atoms with E-state index in [1.165, 1.54) is 25.7 Å². The molecule has 0 atom stereocenters. The van der Waals surface area contributed by atoms with Crippen LogP contribution in [0.15, 0.2) is 47.3 Å². The summed E-state index contributed by atoms with van der Waals surface area (Å²) in [4.78, 5) is 32.1. The highest BCUT2D eigenvalue weighted by molar-refractivity contribution is 6.03. The first-order valence-corrected chi connectivity index (χ1v) is 14.1. The number of amides is 1. The molecule has 0 aliphatic carbocycles. The molecular weight excluding hydrogens is 476 g/mol. The number of aromatic nitrogens is 1. The number of nitrogens with one attached hydrogen (secondary N) is 2. The summed E-state index contributed by atoms with van der Waals surface area (Å²) in [5.41, 5.74) is 9.45. The third-order valence-electron chi connectivity index (χ3n) is 7.89. The van der Waals surface area contributed by atoms with Gasteiger partial charge >= 0.3 is 0 Å². The molecule has 2 fully saturated rings. The number of fused-ring (bicyclic) bond motifs is 1. The Morgan fingerprint density at radius 2 is 1.47 bits per heavy atom. The Kier molecular flexibility index (Phi) is 8.29. The quantitative estimate of drug-likeness (QED) is 0.357. The van der Waals surface area contributed by atoms with Gasteiger partial charge in [0.2, 0.25) is 5.43 Å². The van der Waals surface area contributed by atoms with Gasteiger partial charge in [-0.05, 0) is 94.2 Å². The Bertz CT molecular complexity index is 1320. The number of anilines is 2. The number of likely N-dealkylation sites (tertiary alicyclic amines) is 2. The van der Waals surface area contributed by atoms with Crippen molar-refractivity contribution >= 4 is 28.3 Å². The van der Waals surface area contributed by atoms with Gasteiger partial charge in [0.1, 0.15) is 11.4 Å². The molecule has 0 spiro atoms. The molecule has 1 aromatic heterocycles. The van der Waals surface area contributed by atoms with E-state index < -0.39 is 0 Å². The molecule has 2 aliphatic rings. The van der Waals surface area contributed by atoms with Crippen LogP contribution < -0.4 is 21.8 Å². The monoisotopic (exact) mass is 516 g/mol. The van der Waals surface area contributed by atoms with Crippen molar-refractivity contribution in [2.75, 3.05) is 63.4 Å². The number of nitrogens with zero attached hydrogens (tertiary/aromatic N) is 3. The Labute approximate surface area is 224 Å². The SMILES string of the molecule is CCn1c(NCCN2CCCC2)c(C(=O)NCCN2CCCC2)c(=O)c2ccc(-c3ccc(N)cc3)cc21. The van der Waals surface area contributed by atoms with Gasteiger partial charge in [0.25, 0.3) is 5.91 Å². The lowest BCUT2D eigenvalue weighted by Gasteiger charge is -2.22. The van der Waals surface area contributed by atoms with E-state index in [9.17, 15) is 9.59 Å². The van der Waals surface area contributed by atoms with E-state index in [0.717, 1.165) is 55.9 Å². The number of nitrogen functional groups attached to an aromatic ring is 1. The summed E-state index contributed by atoms with van der Waals surface area (Å²) in [6, 6.07) is 13.6. The molecule has 38 heavy (non-hydrogen) atoms. The summed E-state index contributed by atoms with van der Waals surface area (Å²) in [5, 5.41) is 7.10. The zero-order valence-electron chi connectivity index (χ0n) is 22.5. The van der Waals surface area contributed by atoms with Gasteiger partial charge in [-0.1, -0.05) is 18.2 Å². The highest BCUT2D eigenvalue weighted by atomic mass is 16.2. The summed E-state index contributed by atoms with van der Waals surface area (Å²) in [7, 11) is 0. The third kappa shape index (κ3) is 5.71. The van der Waals surface area contributed by atoms with Crippen molar-refractivity contribution in [1.82, 2.24) is 19.7 Å². The molecule has 3 heterocycles. The maximum absolute atomic E-state index is 13.8. The number of carbonyl (C=O) groups is 1. The summed E-state index contributed by atoms with van der Waals surface area (Å²) in [6.07, 6.45) is 4.88. The van der Waals surface area contributed by atoms with Crippen LogP contribution in [0.5, 0.6) is 0 Å². The van der Waals surface area contributed by atoms with E-state index in [1.807, 2.05) is 42.5 Å². The van der Waals surface area contributed by atoms with Crippen LogP contribution in [0.25, 0.3) is 22.0 Å². The summed E-state index contributed by atoms with van der Waals surface area (Å²) in [6.45, 7) is 9.96. The zero-order valence-corrected chi connectivity index (χ0v) is 22.5. The van der Waals surface area contributed by atoms with Gasteiger partial charge in [0, 0.05) is 43.8 Å². The van der Waals surface area contributed by atoms with Gasteiger partial charge in [-0.2, -0.15) is 0 Å². The molecule has 5 rings (SSSR count). The molecule has 0 unspecified atom stereocenters. The predicted molar refractivity (Wildman–Crippen MR) is 156 cm³/mol. The molecule has 2 aromatic carbocycles. The highest BCUT2D eigenvalue weighted by Gasteiger charge is 2.23. The molecule has 0 radical (unpaired) electrons. The van der Waals surface area contributed by atoms with Crippen molar-refractivity contribution < 1.29 is 4.79 Å². The average molecular weight is 517 g/mol. The molecule has 2 saturated heterocycles. The second-order valence-electron chi connectivity index (χ2n) is 10.4. The van der Waals surface area contributed by atoms with E-state index in [4.69, 9.17) is 5.73 Å². The van der Waals surface area contributed by atoms with E-state index in [0.29, 0.717) is 36.5 Å². The van der Waals surface area contributed by atoms with Crippen molar-refractivity contribution in [2.45, 2.75) is 39.2 Å². The number of pyridine rings is 1. The molecule has 8 heteroatoms. The molecule has 3 aromatic rings. The summed E-state index contributed by atoms with van der Waals surface area (Å²) < 4.78 is 2.08. The minimum atomic E-state index is -0.301. The third-order valence-corrected chi connectivity index (χ3v) is 7.89. The fraction of sp³-hybridized carbons (Fsp3) is 0.467. The first-order valence-electron chi connectivity index (χ1n) is 14.1. The van der Waals surface area contributed by atoms with Crippen LogP contribution in [0, 0.1) is 0 Å². The molecule has 202 valence electrons. The van der Waals surface area contributed by atoms with E-state index in [-0.39, 0.29) is 16.9 Å². The van der Waals surface area contributed by atoms with Gasteiger partial charge in [-0.15, -0.1) is 0 Å². The largest absolute Gasteiger partial charge is 0.399 e. The number of carbonyl (C=O) groups excluding carboxylic acids is 1. The Morgan fingerprint density at radius 1 is 0.868 bits per heavy atom. The topological polar surface area (TPSA) is 95.6 Å². The molecule has 0 bridgehead atoms. The van der Waals surface area contributed by atoms with Gasteiger partial charge in [-0.25, -0.2) is 0 Å². The van der Waals surface area contributed by atoms with Gasteiger partial charge in [0.15, 0.2) is 0 Å². The standard InChI is InChI=1S/C30H40N6O2/c1-2-36-26-21-23(22-7-10-24(31)11-8-22)9-12-25(26)28(37)27(29(36)32-13-19-34-15-3-4-16-34)30(38)33-14-20-35-17-5-6-18-35/h7-12,21,32H,2-6,13-20,31H2,1H3,(H,33,38). The Hall–Kier alpha value is -3.36. The van der Waals surface area contributed by atoms with E-state index >= 15 is 0 Å². The van der Waals surface area contributed by atoms with Crippen molar-refractivity contribution in [3.63, 3.8) is 0 Å². The van der Waals surface area contributed by atoms with Crippen molar-refractivity contribution in [3.05, 3.63) is 58.3 Å². The smallest absolute Gasteiger partial charge is 0.259 e. The van der Waals surface area contributed by atoms with Crippen LogP contribution in [-0.2, 0) is 6.54 Å². The van der Waals surface area contributed by atoms with Crippen LogP contribution in [-0.4, -0.2) is 72.6 Å². The minimum absolute atomic E-state index is 0.211. The van der Waals surface area contributed by atoms with Crippen molar-refractivity contribution in [2.24, 2.45) is 0 Å². The minimum Gasteiger partial charge on any atom is -0.399 e. The lowest BCUT2D eigenvalue weighted by atomic mass is 10.0. The van der Waals surface area contributed by atoms with Crippen LogP contribution >= 0.6 is 0 Å². The number of nitrogens with two attached hydrogens (primary N) is 1. The van der Waals surface area contributed by atoms with Crippen molar-refractivity contribution in [3.8, 4) is 11.1 Å². The lowest BCUT2D eigenvalue weighted by molar-refractivity contribution is 0.0949. The van der Waals surface area contributed by atoms with Crippen LogP contribution in [0.2, 0.25) is 0 Å². The molecule has 2 aliphatic heterocycles. The maximum atomic E-state index is 13.8. The van der Waals surface area contributed by atoms with Gasteiger partial charge < -0.3 is 30.7 Å². The second kappa shape index (κ2) is 12.0. The number of rotatable bonds is 10.